The van der Waals surface area contributed by atoms with Crippen LogP contribution in [0.2, 0.25) is 0 Å². The van der Waals surface area contributed by atoms with Crippen molar-refractivity contribution in [3.8, 4) is 11.1 Å². The van der Waals surface area contributed by atoms with E-state index in [-0.39, 0.29) is 18.0 Å². The largest absolute Gasteiger partial charge is 0.436 e. The van der Waals surface area contributed by atoms with Crippen LogP contribution in [0.1, 0.15) is 45.1 Å². The zero-order valence-corrected chi connectivity index (χ0v) is 18.6. The summed E-state index contributed by atoms with van der Waals surface area (Å²) >= 11 is 0. The number of Topliss-reactive ketones (excluding diaryl/α,β-unsaturated/α-hetero) is 1. The molecule has 0 heterocycles. The third kappa shape index (κ3) is 3.46. The molecule has 0 fully saturated rings. The number of ketones is 1. The Balaban J connectivity index is 1.34. The van der Waals surface area contributed by atoms with Gasteiger partial charge in [0.25, 0.3) is 0 Å². The Morgan fingerprint density at radius 2 is 1.73 bits per heavy atom. The summed E-state index contributed by atoms with van der Waals surface area (Å²) in [5.41, 5.74) is 11.7. The second-order valence-electron chi connectivity index (χ2n) is 8.84. The second-order valence-corrected chi connectivity index (χ2v) is 8.84. The Morgan fingerprint density at radius 1 is 1.12 bits per heavy atom. The molecule has 0 aromatic heterocycles. The van der Waals surface area contributed by atoms with E-state index < -0.39 is 23.9 Å². The van der Waals surface area contributed by atoms with Crippen LogP contribution in [0.25, 0.3) is 11.1 Å². The number of nitrogens with zero attached hydrogens (tertiary/aromatic N) is 1. The smallest absolute Gasteiger partial charge is 0.410 e. The van der Waals surface area contributed by atoms with E-state index in [1.807, 2.05) is 48.5 Å². The maximum atomic E-state index is 14.1. The molecule has 2 aliphatic rings. The number of hydrogen-bond donors (Lipinski definition) is 1. The van der Waals surface area contributed by atoms with Gasteiger partial charge in [0.1, 0.15) is 5.82 Å². The first kappa shape index (κ1) is 21.2. The van der Waals surface area contributed by atoms with E-state index in [2.05, 4.69) is 0 Å². The molecule has 168 valence electrons. The summed E-state index contributed by atoms with van der Waals surface area (Å²) in [6, 6.07) is 17.0. The first-order valence-corrected chi connectivity index (χ1v) is 11.1. The molecule has 0 aliphatic heterocycles. The van der Waals surface area contributed by atoms with Crippen molar-refractivity contribution in [3.05, 3.63) is 88.2 Å². The Kier molecular flexibility index (Phi) is 5.16. The van der Waals surface area contributed by atoms with Gasteiger partial charge in [-0.05, 0) is 48.1 Å². The maximum absolute atomic E-state index is 14.1. The monoisotopic (exact) mass is 444 g/mol. The predicted molar refractivity (Wildman–Crippen MR) is 125 cm³/mol. The molecule has 1 unspecified atom stereocenters. The first-order valence-electron chi connectivity index (χ1n) is 11.1. The van der Waals surface area contributed by atoms with Gasteiger partial charge in [0.05, 0.1) is 0 Å². The minimum atomic E-state index is -0.492. The van der Waals surface area contributed by atoms with Crippen LogP contribution in [0.3, 0.4) is 0 Å². The number of amides is 1. The van der Waals surface area contributed by atoms with Crippen molar-refractivity contribution in [2.75, 3.05) is 19.3 Å². The Morgan fingerprint density at radius 3 is 2.36 bits per heavy atom. The Hall–Kier alpha value is -3.67. The number of benzene rings is 3. The molecular formula is C27H25FN2O3. The fourth-order valence-electron chi connectivity index (χ4n) is 5.09. The van der Waals surface area contributed by atoms with Crippen LogP contribution >= 0.6 is 0 Å². The summed E-state index contributed by atoms with van der Waals surface area (Å²) in [6.45, 7) is 1.88. The summed E-state index contributed by atoms with van der Waals surface area (Å²) in [5.74, 6) is -0.950. The van der Waals surface area contributed by atoms with Gasteiger partial charge < -0.3 is 15.4 Å². The van der Waals surface area contributed by atoms with Crippen molar-refractivity contribution < 1.29 is 18.7 Å². The minimum Gasteiger partial charge on any atom is -0.436 e. The van der Waals surface area contributed by atoms with Crippen LogP contribution in [0.15, 0.2) is 54.6 Å². The molecule has 0 saturated carbocycles. The average Bonchev–Trinajstić information content (AvgIpc) is 3.12. The third-order valence-corrected chi connectivity index (χ3v) is 6.84. The molecule has 1 amide bonds. The molecular weight excluding hydrogens is 419 g/mol. The van der Waals surface area contributed by atoms with Crippen molar-refractivity contribution in [2.24, 2.45) is 5.92 Å². The Labute approximate surface area is 192 Å². The van der Waals surface area contributed by atoms with E-state index in [1.165, 1.54) is 11.0 Å². The highest BCUT2D eigenvalue weighted by molar-refractivity contribution is 6.05. The van der Waals surface area contributed by atoms with Gasteiger partial charge in [-0.1, -0.05) is 48.5 Å². The van der Waals surface area contributed by atoms with Crippen LogP contribution in [0.4, 0.5) is 14.9 Å². The zero-order chi connectivity index (χ0) is 23.3. The highest BCUT2D eigenvalue weighted by atomic mass is 19.1. The molecule has 0 spiro atoms. The topological polar surface area (TPSA) is 72.6 Å². The van der Waals surface area contributed by atoms with Crippen LogP contribution < -0.4 is 5.73 Å². The minimum absolute atomic E-state index is 0.145. The lowest BCUT2D eigenvalue weighted by Crippen LogP contribution is -2.38. The van der Waals surface area contributed by atoms with E-state index >= 15 is 0 Å². The standard InChI is InChI=1S/C27H25FN2O3/c1-15-17-12-11-16(25(31)24(17)23(29)13-22(15)28)14-30(2)27(32)33-26-20-9-5-3-7-18(20)19-8-4-6-10-21(19)26/h3-10,13,16,26H,11-12,14,29H2,1-2H3. The lowest BCUT2D eigenvalue weighted by atomic mass is 9.80. The number of nitrogens with two attached hydrogens (primary N) is 1. The van der Waals surface area contributed by atoms with Gasteiger partial charge in [-0.2, -0.15) is 0 Å². The van der Waals surface area contributed by atoms with Gasteiger partial charge in [0.15, 0.2) is 11.9 Å². The molecule has 0 radical (unpaired) electrons. The van der Waals surface area contributed by atoms with Gasteiger partial charge in [-0.25, -0.2) is 9.18 Å². The first-order chi connectivity index (χ1) is 15.9. The van der Waals surface area contributed by atoms with Gasteiger partial charge in [-0.3, -0.25) is 4.79 Å². The highest BCUT2D eigenvalue weighted by Crippen LogP contribution is 2.45. The van der Waals surface area contributed by atoms with Crippen LogP contribution in [0.5, 0.6) is 0 Å². The van der Waals surface area contributed by atoms with Gasteiger partial charge in [-0.15, -0.1) is 0 Å². The van der Waals surface area contributed by atoms with Gasteiger partial charge >= 0.3 is 6.09 Å². The predicted octanol–water partition coefficient (Wildman–Crippen LogP) is 5.30. The molecule has 0 saturated heterocycles. The highest BCUT2D eigenvalue weighted by Gasteiger charge is 2.35. The summed E-state index contributed by atoms with van der Waals surface area (Å²) in [5, 5.41) is 0. The molecule has 2 aliphatic carbocycles. The molecule has 33 heavy (non-hydrogen) atoms. The number of anilines is 1. The normalized spacial score (nSPS) is 16.7. The van der Waals surface area contributed by atoms with Crippen LogP contribution in [-0.2, 0) is 11.2 Å². The molecule has 3 aromatic carbocycles. The van der Waals surface area contributed by atoms with Crippen LogP contribution in [0, 0.1) is 18.7 Å². The summed E-state index contributed by atoms with van der Waals surface area (Å²) in [6.07, 6.45) is 0.0958. The third-order valence-electron chi connectivity index (χ3n) is 6.84. The number of ether oxygens (including phenoxy) is 1. The maximum Gasteiger partial charge on any atom is 0.410 e. The summed E-state index contributed by atoms with van der Waals surface area (Å²) < 4.78 is 20.0. The van der Waals surface area contributed by atoms with E-state index in [0.29, 0.717) is 29.5 Å². The SMILES string of the molecule is Cc1c(F)cc(N)c2c1CCC(CN(C)C(=O)OC1c3ccccc3-c3ccccc31)C2=O. The van der Waals surface area contributed by atoms with Crippen molar-refractivity contribution in [1.29, 1.82) is 0 Å². The number of halogens is 1. The summed E-state index contributed by atoms with van der Waals surface area (Å²) in [7, 11) is 1.64. The number of rotatable bonds is 3. The quantitative estimate of drug-likeness (QED) is 0.557. The van der Waals surface area contributed by atoms with E-state index in [1.54, 1.807) is 14.0 Å². The van der Waals surface area contributed by atoms with Crippen molar-refractivity contribution >= 4 is 17.6 Å². The molecule has 5 nitrogen and oxygen atoms in total. The number of hydrogen-bond acceptors (Lipinski definition) is 4. The fourth-order valence-corrected chi connectivity index (χ4v) is 5.09. The second kappa shape index (κ2) is 8.03. The van der Waals surface area contributed by atoms with Crippen molar-refractivity contribution in [1.82, 2.24) is 4.90 Å². The van der Waals surface area contributed by atoms with Crippen molar-refractivity contribution in [2.45, 2.75) is 25.9 Å². The molecule has 0 bridgehead atoms. The van der Waals surface area contributed by atoms with Crippen molar-refractivity contribution in [3.63, 3.8) is 0 Å². The molecule has 2 N–H and O–H groups in total. The number of nitrogen functional groups attached to an aromatic ring is 1. The van der Waals surface area contributed by atoms with E-state index in [0.717, 1.165) is 22.3 Å². The van der Waals surface area contributed by atoms with Gasteiger partial charge in [0.2, 0.25) is 0 Å². The summed E-state index contributed by atoms with van der Waals surface area (Å²) in [4.78, 5) is 27.6. The molecule has 6 heteroatoms. The van der Waals surface area contributed by atoms with Gasteiger partial charge in [0, 0.05) is 41.9 Å². The molecule has 3 aromatic rings. The fraction of sp³-hybridized carbons (Fsp3) is 0.259. The molecule has 5 rings (SSSR count). The average molecular weight is 445 g/mol. The lowest BCUT2D eigenvalue weighted by molar-refractivity contribution is 0.0740. The Bertz CT molecular complexity index is 1240. The number of fused-ring (bicyclic) bond motifs is 4. The lowest BCUT2D eigenvalue weighted by Gasteiger charge is -2.29. The van der Waals surface area contributed by atoms with Crippen LogP contribution in [-0.4, -0.2) is 30.4 Å². The van der Waals surface area contributed by atoms with E-state index in [4.69, 9.17) is 10.5 Å². The number of carbonyl (C=O) groups excluding carboxylic acids is 2. The number of carbonyl (C=O) groups is 2. The molecule has 1 atom stereocenters. The zero-order valence-electron chi connectivity index (χ0n) is 18.6. The van der Waals surface area contributed by atoms with E-state index in [9.17, 15) is 14.0 Å².